The number of rotatable bonds is 5. The monoisotopic (exact) mass is 287 g/mol. The predicted molar refractivity (Wildman–Crippen MR) is 77.6 cm³/mol. The summed E-state index contributed by atoms with van der Waals surface area (Å²) in [5.74, 6) is 1.68. The molecular formula is C12H21N3OS2. The molecule has 0 aliphatic heterocycles. The van der Waals surface area contributed by atoms with Gasteiger partial charge in [0.15, 0.2) is 0 Å². The lowest BCUT2D eigenvalue weighted by Crippen LogP contribution is -2.32. The van der Waals surface area contributed by atoms with Gasteiger partial charge in [-0.2, -0.15) is 4.37 Å². The second-order valence-electron chi connectivity index (χ2n) is 4.67. The standard InChI is InChI=1S/C12H21N3OS2/c1-3-11-14-12(17-15-11)13-9-6-5-7-10(8-9)18(16)4-2/h9-10H,3-8H2,1-2H3,(H,13,14,15). The van der Waals surface area contributed by atoms with Gasteiger partial charge < -0.3 is 5.32 Å². The molecule has 1 heterocycles. The van der Waals surface area contributed by atoms with Gasteiger partial charge in [0.25, 0.3) is 0 Å². The van der Waals surface area contributed by atoms with Crippen LogP contribution in [0, 0.1) is 0 Å². The van der Waals surface area contributed by atoms with E-state index in [1.165, 1.54) is 11.5 Å². The Morgan fingerprint density at radius 2 is 2.28 bits per heavy atom. The summed E-state index contributed by atoms with van der Waals surface area (Å²) in [5.41, 5.74) is 0. The fraction of sp³-hybridized carbons (Fsp3) is 0.833. The van der Waals surface area contributed by atoms with Gasteiger partial charge in [0.05, 0.1) is 0 Å². The average molecular weight is 287 g/mol. The van der Waals surface area contributed by atoms with Crippen LogP contribution in [-0.2, 0) is 17.2 Å². The highest BCUT2D eigenvalue weighted by atomic mass is 32.2. The van der Waals surface area contributed by atoms with Crippen molar-refractivity contribution in [2.75, 3.05) is 11.1 Å². The Kier molecular flexibility index (Phi) is 5.12. The highest BCUT2D eigenvalue weighted by Crippen LogP contribution is 2.26. The lowest BCUT2D eigenvalue weighted by molar-refractivity contribution is 0.465. The summed E-state index contributed by atoms with van der Waals surface area (Å²) < 4.78 is 16.2. The summed E-state index contributed by atoms with van der Waals surface area (Å²) in [6.07, 6.45) is 5.30. The Morgan fingerprint density at radius 1 is 1.44 bits per heavy atom. The molecule has 0 saturated heterocycles. The van der Waals surface area contributed by atoms with Gasteiger partial charge in [-0.1, -0.05) is 20.3 Å². The Balaban J connectivity index is 1.91. The third-order valence-corrected chi connectivity index (χ3v) is 5.82. The van der Waals surface area contributed by atoms with Crippen LogP contribution in [-0.4, -0.2) is 30.6 Å². The van der Waals surface area contributed by atoms with Crippen molar-refractivity contribution in [3.63, 3.8) is 0 Å². The molecule has 1 N–H and O–H groups in total. The smallest absolute Gasteiger partial charge is 0.202 e. The quantitative estimate of drug-likeness (QED) is 0.904. The number of nitrogens with zero attached hydrogens (tertiary/aromatic N) is 2. The fourth-order valence-corrected chi connectivity index (χ4v) is 4.46. The second-order valence-corrected chi connectivity index (χ2v) is 7.43. The van der Waals surface area contributed by atoms with Crippen LogP contribution in [0.15, 0.2) is 0 Å². The number of anilines is 1. The van der Waals surface area contributed by atoms with Crippen LogP contribution in [0.2, 0.25) is 0 Å². The van der Waals surface area contributed by atoms with Crippen molar-refractivity contribution >= 4 is 27.5 Å². The zero-order valence-electron chi connectivity index (χ0n) is 11.0. The molecule has 0 bridgehead atoms. The van der Waals surface area contributed by atoms with E-state index in [4.69, 9.17) is 0 Å². The molecule has 18 heavy (non-hydrogen) atoms. The molecule has 2 rings (SSSR count). The minimum atomic E-state index is -0.661. The maximum Gasteiger partial charge on any atom is 0.202 e. The third kappa shape index (κ3) is 3.51. The summed E-state index contributed by atoms with van der Waals surface area (Å²) in [5, 5.41) is 4.73. The minimum absolute atomic E-state index is 0.361. The first-order chi connectivity index (χ1) is 8.72. The highest BCUT2D eigenvalue weighted by molar-refractivity contribution is 7.85. The van der Waals surface area contributed by atoms with Gasteiger partial charge in [0, 0.05) is 45.8 Å². The molecule has 1 aromatic heterocycles. The molecule has 1 fully saturated rings. The van der Waals surface area contributed by atoms with E-state index in [2.05, 4.69) is 21.6 Å². The van der Waals surface area contributed by atoms with Crippen molar-refractivity contribution in [3.8, 4) is 0 Å². The van der Waals surface area contributed by atoms with Gasteiger partial charge in [-0.25, -0.2) is 4.98 Å². The Bertz CT molecular complexity index is 408. The van der Waals surface area contributed by atoms with Crippen molar-refractivity contribution in [1.82, 2.24) is 9.36 Å². The largest absolute Gasteiger partial charge is 0.358 e. The summed E-state index contributed by atoms with van der Waals surface area (Å²) in [6.45, 7) is 4.07. The van der Waals surface area contributed by atoms with Gasteiger partial charge in [-0.05, 0) is 19.3 Å². The van der Waals surface area contributed by atoms with Crippen molar-refractivity contribution in [2.24, 2.45) is 0 Å². The first-order valence-electron chi connectivity index (χ1n) is 6.69. The van der Waals surface area contributed by atoms with Gasteiger partial charge in [0.1, 0.15) is 5.82 Å². The first-order valence-corrected chi connectivity index (χ1v) is 8.84. The van der Waals surface area contributed by atoms with Crippen LogP contribution >= 0.6 is 11.5 Å². The maximum atomic E-state index is 11.9. The molecule has 4 nitrogen and oxygen atoms in total. The molecule has 0 spiro atoms. The van der Waals surface area contributed by atoms with Gasteiger partial charge >= 0.3 is 0 Å². The van der Waals surface area contributed by atoms with Crippen molar-refractivity contribution in [3.05, 3.63) is 5.82 Å². The molecule has 1 aliphatic carbocycles. The van der Waals surface area contributed by atoms with Crippen LogP contribution in [0.25, 0.3) is 0 Å². The van der Waals surface area contributed by atoms with E-state index < -0.39 is 10.8 Å². The van der Waals surface area contributed by atoms with Crippen LogP contribution in [0.5, 0.6) is 0 Å². The molecule has 1 aromatic rings. The molecule has 102 valence electrons. The number of hydrogen-bond acceptors (Lipinski definition) is 5. The van der Waals surface area contributed by atoms with E-state index in [1.54, 1.807) is 0 Å². The molecule has 0 amide bonds. The minimum Gasteiger partial charge on any atom is -0.358 e. The van der Waals surface area contributed by atoms with E-state index in [9.17, 15) is 4.21 Å². The first kappa shape index (κ1) is 13.9. The third-order valence-electron chi connectivity index (χ3n) is 3.39. The zero-order valence-corrected chi connectivity index (χ0v) is 12.6. The number of nitrogens with one attached hydrogen (secondary N) is 1. The van der Waals surface area contributed by atoms with E-state index in [0.717, 1.165) is 48.8 Å². The average Bonchev–Trinajstić information content (AvgIpc) is 2.86. The summed E-state index contributed by atoms with van der Waals surface area (Å²) in [7, 11) is -0.661. The highest BCUT2D eigenvalue weighted by Gasteiger charge is 2.25. The molecule has 3 atom stereocenters. The van der Waals surface area contributed by atoms with Gasteiger partial charge in [0.2, 0.25) is 5.13 Å². The normalized spacial score (nSPS) is 25.9. The van der Waals surface area contributed by atoms with E-state index in [-0.39, 0.29) is 0 Å². The Morgan fingerprint density at radius 3 is 2.94 bits per heavy atom. The van der Waals surface area contributed by atoms with Gasteiger partial charge in [-0.15, -0.1) is 0 Å². The van der Waals surface area contributed by atoms with Crippen molar-refractivity contribution in [2.45, 2.75) is 57.2 Å². The van der Waals surface area contributed by atoms with E-state index in [1.807, 2.05) is 6.92 Å². The second kappa shape index (κ2) is 6.61. The van der Waals surface area contributed by atoms with Crippen LogP contribution < -0.4 is 5.32 Å². The molecular weight excluding hydrogens is 266 g/mol. The Hall–Kier alpha value is -0.490. The number of hydrogen-bond donors (Lipinski definition) is 1. The lowest BCUT2D eigenvalue weighted by Gasteiger charge is -2.28. The van der Waals surface area contributed by atoms with Crippen LogP contribution in [0.3, 0.4) is 0 Å². The molecule has 3 unspecified atom stereocenters. The lowest BCUT2D eigenvalue weighted by atomic mass is 9.95. The summed E-state index contributed by atoms with van der Waals surface area (Å²) in [6, 6.07) is 0.414. The summed E-state index contributed by atoms with van der Waals surface area (Å²) in [4.78, 5) is 4.43. The molecule has 0 aromatic carbocycles. The molecule has 0 radical (unpaired) electrons. The maximum absolute atomic E-state index is 11.9. The van der Waals surface area contributed by atoms with Crippen molar-refractivity contribution < 1.29 is 4.21 Å². The topological polar surface area (TPSA) is 54.9 Å². The predicted octanol–water partition coefficient (Wildman–Crippen LogP) is 2.59. The van der Waals surface area contributed by atoms with E-state index in [0.29, 0.717) is 11.3 Å². The van der Waals surface area contributed by atoms with Crippen LogP contribution in [0.1, 0.15) is 45.4 Å². The van der Waals surface area contributed by atoms with Gasteiger partial charge in [-0.3, -0.25) is 4.21 Å². The Labute approximate surface area is 115 Å². The van der Waals surface area contributed by atoms with E-state index >= 15 is 0 Å². The molecule has 6 heteroatoms. The SMILES string of the molecule is CCc1nsc(NC2CCCC(S(=O)CC)C2)n1. The fourth-order valence-electron chi connectivity index (χ4n) is 2.38. The molecule has 1 aliphatic rings. The molecule has 1 saturated carbocycles. The zero-order chi connectivity index (χ0) is 13.0. The number of aromatic nitrogens is 2. The number of aryl methyl sites for hydroxylation is 1. The van der Waals surface area contributed by atoms with Crippen LogP contribution in [0.4, 0.5) is 5.13 Å². The summed E-state index contributed by atoms with van der Waals surface area (Å²) >= 11 is 1.44. The van der Waals surface area contributed by atoms with Crippen molar-refractivity contribution in [1.29, 1.82) is 0 Å².